The summed E-state index contributed by atoms with van der Waals surface area (Å²) in [6.45, 7) is 2.01. The molecule has 0 radical (unpaired) electrons. The number of hydrogen-bond acceptors (Lipinski definition) is 2. The van der Waals surface area contributed by atoms with E-state index in [1.165, 1.54) is 0 Å². The third-order valence-electron chi connectivity index (χ3n) is 3.68. The number of halogens is 1. The quantitative estimate of drug-likeness (QED) is 0.779. The molecular formula is C18H16ClN3O. The summed E-state index contributed by atoms with van der Waals surface area (Å²) in [5.41, 5.74) is 3.84. The molecule has 1 amide bonds. The fraction of sp³-hybridized carbons (Fsp3) is 0.111. The first-order chi connectivity index (χ1) is 11.1. The van der Waals surface area contributed by atoms with E-state index in [2.05, 4.69) is 10.2 Å². The second kappa shape index (κ2) is 6.26. The van der Waals surface area contributed by atoms with Gasteiger partial charge in [0.25, 0.3) is 5.91 Å². The van der Waals surface area contributed by atoms with E-state index in [4.69, 9.17) is 11.6 Å². The maximum atomic E-state index is 12.6. The van der Waals surface area contributed by atoms with Crippen molar-refractivity contribution in [2.24, 2.45) is 0 Å². The summed E-state index contributed by atoms with van der Waals surface area (Å²) in [5.74, 6) is -0.153. The fourth-order valence-corrected chi connectivity index (χ4v) is 2.54. The van der Waals surface area contributed by atoms with Crippen LogP contribution in [0.25, 0.3) is 11.3 Å². The zero-order valence-electron chi connectivity index (χ0n) is 12.9. The van der Waals surface area contributed by atoms with Gasteiger partial charge in [-0.3, -0.25) is 9.89 Å². The molecule has 0 saturated carbocycles. The van der Waals surface area contributed by atoms with E-state index in [9.17, 15) is 4.79 Å². The molecule has 116 valence electrons. The lowest BCUT2D eigenvalue weighted by molar-refractivity contribution is 0.0988. The normalized spacial score (nSPS) is 10.6. The van der Waals surface area contributed by atoms with Gasteiger partial charge in [0.1, 0.15) is 5.69 Å². The van der Waals surface area contributed by atoms with Crippen LogP contribution in [0.2, 0.25) is 5.02 Å². The zero-order valence-corrected chi connectivity index (χ0v) is 13.6. The second-order valence-corrected chi connectivity index (χ2v) is 5.75. The molecule has 23 heavy (non-hydrogen) atoms. The number of benzene rings is 2. The number of nitrogens with zero attached hydrogens (tertiary/aromatic N) is 2. The van der Waals surface area contributed by atoms with Crippen molar-refractivity contribution >= 4 is 23.2 Å². The van der Waals surface area contributed by atoms with E-state index in [0.29, 0.717) is 16.4 Å². The first kappa shape index (κ1) is 15.3. The minimum Gasteiger partial charge on any atom is -0.310 e. The molecule has 5 heteroatoms. The molecule has 0 spiro atoms. The predicted octanol–water partition coefficient (Wildman–Crippen LogP) is 4.32. The van der Waals surface area contributed by atoms with Gasteiger partial charge in [0, 0.05) is 18.3 Å². The molecule has 0 aliphatic heterocycles. The Morgan fingerprint density at radius 2 is 1.83 bits per heavy atom. The van der Waals surface area contributed by atoms with Crippen molar-refractivity contribution in [3.8, 4) is 11.3 Å². The summed E-state index contributed by atoms with van der Waals surface area (Å²) in [4.78, 5) is 14.2. The van der Waals surface area contributed by atoms with E-state index < -0.39 is 0 Å². The molecule has 2 aromatic carbocycles. The number of amides is 1. The molecule has 0 aliphatic rings. The maximum absolute atomic E-state index is 12.6. The molecule has 3 aromatic rings. The van der Waals surface area contributed by atoms with Gasteiger partial charge in [-0.25, -0.2) is 0 Å². The second-order valence-electron chi connectivity index (χ2n) is 5.35. The van der Waals surface area contributed by atoms with Crippen LogP contribution in [0.4, 0.5) is 5.69 Å². The molecule has 0 bridgehead atoms. The van der Waals surface area contributed by atoms with E-state index >= 15 is 0 Å². The minimum atomic E-state index is -0.153. The van der Waals surface area contributed by atoms with Crippen molar-refractivity contribution in [3.05, 3.63) is 70.9 Å². The number of aryl methyl sites for hydroxylation is 1. The third-order valence-corrected chi connectivity index (χ3v) is 4.01. The van der Waals surface area contributed by atoms with Crippen LogP contribution in [0.1, 0.15) is 16.1 Å². The number of nitrogens with one attached hydrogen (secondary N) is 1. The Morgan fingerprint density at radius 3 is 2.52 bits per heavy atom. The number of carbonyl (C=O) groups is 1. The highest BCUT2D eigenvalue weighted by Gasteiger charge is 2.17. The lowest BCUT2D eigenvalue weighted by atomic mass is 10.1. The molecule has 3 rings (SSSR count). The number of carbonyl (C=O) groups excluding carboxylic acids is 1. The van der Waals surface area contributed by atoms with Gasteiger partial charge in [-0.2, -0.15) is 5.10 Å². The number of anilines is 1. The summed E-state index contributed by atoms with van der Waals surface area (Å²) < 4.78 is 0. The first-order valence-electron chi connectivity index (χ1n) is 7.21. The monoisotopic (exact) mass is 325 g/mol. The predicted molar refractivity (Wildman–Crippen MR) is 92.9 cm³/mol. The van der Waals surface area contributed by atoms with Crippen molar-refractivity contribution in [2.75, 3.05) is 11.9 Å². The Kier molecular flexibility index (Phi) is 4.17. The highest BCUT2D eigenvalue weighted by molar-refractivity contribution is 6.33. The number of hydrogen-bond donors (Lipinski definition) is 1. The molecule has 1 N–H and O–H groups in total. The van der Waals surface area contributed by atoms with Crippen molar-refractivity contribution in [1.82, 2.24) is 10.2 Å². The van der Waals surface area contributed by atoms with Crippen LogP contribution in [0.15, 0.2) is 54.6 Å². The molecule has 0 unspecified atom stereocenters. The Labute approximate surface area is 139 Å². The number of H-pyrrole nitrogens is 1. The summed E-state index contributed by atoms with van der Waals surface area (Å²) in [5, 5.41) is 7.60. The standard InChI is InChI=1S/C18H16ClN3O/c1-12-7-9-13(10-8-12)22(2)18(23)17-11-16(20-21-17)14-5-3-4-6-15(14)19/h3-11H,1-2H3,(H,20,21). The minimum absolute atomic E-state index is 0.153. The highest BCUT2D eigenvalue weighted by Crippen LogP contribution is 2.26. The van der Waals surface area contributed by atoms with Crippen molar-refractivity contribution < 1.29 is 4.79 Å². The van der Waals surface area contributed by atoms with Crippen molar-refractivity contribution in [3.63, 3.8) is 0 Å². The smallest absolute Gasteiger partial charge is 0.276 e. The van der Waals surface area contributed by atoms with Crippen LogP contribution in [-0.2, 0) is 0 Å². The molecule has 0 saturated heterocycles. The molecule has 4 nitrogen and oxygen atoms in total. The summed E-state index contributed by atoms with van der Waals surface area (Å²) in [6.07, 6.45) is 0. The van der Waals surface area contributed by atoms with Gasteiger partial charge >= 0.3 is 0 Å². The van der Waals surface area contributed by atoms with Crippen LogP contribution < -0.4 is 4.90 Å². The lowest BCUT2D eigenvalue weighted by Gasteiger charge is -2.16. The maximum Gasteiger partial charge on any atom is 0.276 e. The van der Waals surface area contributed by atoms with Gasteiger partial charge in [-0.05, 0) is 31.2 Å². The molecule has 0 aliphatic carbocycles. The van der Waals surface area contributed by atoms with Crippen LogP contribution in [0, 0.1) is 6.92 Å². The Hall–Kier alpha value is -2.59. The Bertz CT molecular complexity index is 839. The average molecular weight is 326 g/mol. The SMILES string of the molecule is Cc1ccc(N(C)C(=O)c2cc(-c3ccccc3Cl)n[nH]2)cc1. The largest absolute Gasteiger partial charge is 0.310 e. The van der Waals surface area contributed by atoms with Gasteiger partial charge in [0.2, 0.25) is 0 Å². The van der Waals surface area contributed by atoms with Gasteiger partial charge in [0.15, 0.2) is 0 Å². The molecule has 0 fully saturated rings. The van der Waals surface area contributed by atoms with Gasteiger partial charge < -0.3 is 4.90 Å². The van der Waals surface area contributed by atoms with Gasteiger partial charge in [-0.15, -0.1) is 0 Å². The molecular weight excluding hydrogens is 310 g/mol. The van der Waals surface area contributed by atoms with Crippen LogP contribution in [0.3, 0.4) is 0 Å². The fourth-order valence-electron chi connectivity index (χ4n) is 2.30. The Morgan fingerprint density at radius 1 is 1.13 bits per heavy atom. The van der Waals surface area contributed by atoms with Gasteiger partial charge in [0.05, 0.1) is 10.7 Å². The highest BCUT2D eigenvalue weighted by atomic mass is 35.5. The van der Waals surface area contributed by atoms with E-state index in [1.54, 1.807) is 24.1 Å². The van der Waals surface area contributed by atoms with Crippen LogP contribution >= 0.6 is 11.6 Å². The number of aromatic nitrogens is 2. The Balaban J connectivity index is 1.86. The third kappa shape index (κ3) is 3.12. The summed E-state index contributed by atoms with van der Waals surface area (Å²) in [7, 11) is 1.74. The van der Waals surface area contributed by atoms with Crippen LogP contribution in [-0.4, -0.2) is 23.2 Å². The topological polar surface area (TPSA) is 49.0 Å². The van der Waals surface area contributed by atoms with Gasteiger partial charge in [-0.1, -0.05) is 47.5 Å². The van der Waals surface area contributed by atoms with E-state index in [0.717, 1.165) is 16.8 Å². The summed E-state index contributed by atoms with van der Waals surface area (Å²) in [6, 6.07) is 16.9. The first-order valence-corrected chi connectivity index (χ1v) is 7.59. The number of aromatic amines is 1. The zero-order chi connectivity index (χ0) is 16.4. The molecule has 1 heterocycles. The van der Waals surface area contributed by atoms with Crippen molar-refractivity contribution in [1.29, 1.82) is 0 Å². The average Bonchev–Trinajstić information content (AvgIpc) is 3.04. The van der Waals surface area contributed by atoms with Crippen molar-refractivity contribution in [2.45, 2.75) is 6.92 Å². The molecule has 0 atom stereocenters. The van der Waals surface area contributed by atoms with E-state index in [1.807, 2.05) is 49.4 Å². The number of rotatable bonds is 3. The molecule has 1 aromatic heterocycles. The van der Waals surface area contributed by atoms with Crippen LogP contribution in [0.5, 0.6) is 0 Å². The lowest BCUT2D eigenvalue weighted by Crippen LogP contribution is -2.26. The summed E-state index contributed by atoms with van der Waals surface area (Å²) >= 11 is 6.17. The van der Waals surface area contributed by atoms with E-state index in [-0.39, 0.29) is 5.91 Å².